The van der Waals surface area contributed by atoms with Gasteiger partial charge in [0.2, 0.25) is 0 Å². The Morgan fingerprint density at radius 3 is 2.29 bits per heavy atom. The molecule has 96 valence electrons. The molecule has 0 radical (unpaired) electrons. The van der Waals surface area contributed by atoms with Crippen molar-refractivity contribution in [1.29, 1.82) is 0 Å². The fraction of sp³-hybridized carbons (Fsp3) is 0.600. The number of unbranched alkanes of at least 4 members (excludes halogenated alkanes) is 4. The molecule has 0 aliphatic heterocycles. The van der Waals surface area contributed by atoms with E-state index >= 15 is 0 Å². The summed E-state index contributed by atoms with van der Waals surface area (Å²) >= 11 is 0. The van der Waals surface area contributed by atoms with E-state index in [4.69, 9.17) is 10.5 Å². The molecule has 17 heavy (non-hydrogen) atoms. The van der Waals surface area contributed by atoms with Gasteiger partial charge in [-0.05, 0) is 31.0 Å². The highest BCUT2D eigenvalue weighted by molar-refractivity contribution is 5.28. The van der Waals surface area contributed by atoms with Crippen LogP contribution in [0.4, 0.5) is 0 Å². The minimum absolute atomic E-state index is 0.0955. The number of nitrogens with two attached hydrogens (primary N) is 1. The summed E-state index contributed by atoms with van der Waals surface area (Å²) in [5.41, 5.74) is 6.94. The van der Waals surface area contributed by atoms with Gasteiger partial charge in [0.25, 0.3) is 0 Å². The summed E-state index contributed by atoms with van der Waals surface area (Å²) in [6, 6.07) is 8.18. The predicted octanol–water partition coefficient (Wildman–Crippen LogP) is 4.06. The van der Waals surface area contributed by atoms with E-state index in [1.165, 1.54) is 25.7 Å². The van der Waals surface area contributed by atoms with Crippen LogP contribution in [0, 0.1) is 0 Å². The maximum absolute atomic E-state index is 5.79. The van der Waals surface area contributed by atoms with Crippen molar-refractivity contribution in [1.82, 2.24) is 0 Å². The zero-order chi connectivity index (χ0) is 12.5. The van der Waals surface area contributed by atoms with E-state index in [2.05, 4.69) is 6.92 Å². The van der Waals surface area contributed by atoms with Crippen LogP contribution in [-0.2, 0) is 0 Å². The lowest BCUT2D eigenvalue weighted by molar-refractivity contribution is 0.304. The topological polar surface area (TPSA) is 35.2 Å². The molecule has 0 aliphatic carbocycles. The normalized spacial score (nSPS) is 12.4. The first-order chi connectivity index (χ1) is 8.24. The van der Waals surface area contributed by atoms with E-state index in [-0.39, 0.29) is 6.04 Å². The van der Waals surface area contributed by atoms with Gasteiger partial charge in [-0.25, -0.2) is 0 Å². The summed E-state index contributed by atoms with van der Waals surface area (Å²) in [4.78, 5) is 0. The minimum atomic E-state index is 0.0955. The van der Waals surface area contributed by atoms with E-state index in [0.29, 0.717) is 0 Å². The third-order valence-electron chi connectivity index (χ3n) is 2.92. The van der Waals surface area contributed by atoms with E-state index in [1.54, 1.807) is 0 Å². The van der Waals surface area contributed by atoms with Crippen LogP contribution in [0.15, 0.2) is 24.3 Å². The van der Waals surface area contributed by atoms with Crippen LogP contribution in [0.5, 0.6) is 5.75 Å². The van der Waals surface area contributed by atoms with Crippen LogP contribution in [-0.4, -0.2) is 6.61 Å². The number of benzene rings is 1. The van der Waals surface area contributed by atoms with Gasteiger partial charge in [0.1, 0.15) is 5.75 Å². The molecule has 0 spiro atoms. The first-order valence-corrected chi connectivity index (χ1v) is 6.72. The predicted molar refractivity (Wildman–Crippen MR) is 73.3 cm³/mol. The molecular formula is C15H25NO. The lowest BCUT2D eigenvalue weighted by Gasteiger charge is -2.08. The standard InChI is InChI=1S/C15H25NO/c1-3-4-5-6-7-12-17-15-10-8-14(9-11-15)13(2)16/h8-11,13H,3-7,12,16H2,1-2H3. The molecule has 0 bridgehead atoms. The summed E-state index contributed by atoms with van der Waals surface area (Å²) < 4.78 is 5.68. The van der Waals surface area contributed by atoms with Gasteiger partial charge in [-0.2, -0.15) is 0 Å². The summed E-state index contributed by atoms with van der Waals surface area (Å²) in [7, 11) is 0. The van der Waals surface area contributed by atoms with E-state index < -0.39 is 0 Å². The highest BCUT2D eigenvalue weighted by Crippen LogP contribution is 2.16. The van der Waals surface area contributed by atoms with Crippen molar-refractivity contribution in [3.05, 3.63) is 29.8 Å². The first kappa shape index (κ1) is 14.0. The van der Waals surface area contributed by atoms with Gasteiger partial charge in [0, 0.05) is 6.04 Å². The summed E-state index contributed by atoms with van der Waals surface area (Å²) in [6.45, 7) is 5.04. The smallest absolute Gasteiger partial charge is 0.119 e. The lowest BCUT2D eigenvalue weighted by atomic mass is 10.1. The zero-order valence-corrected chi connectivity index (χ0v) is 11.1. The molecule has 0 heterocycles. The first-order valence-electron chi connectivity index (χ1n) is 6.72. The van der Waals surface area contributed by atoms with Crippen molar-refractivity contribution >= 4 is 0 Å². The summed E-state index contributed by atoms with van der Waals surface area (Å²) in [5.74, 6) is 0.949. The third-order valence-corrected chi connectivity index (χ3v) is 2.92. The van der Waals surface area contributed by atoms with Gasteiger partial charge in [-0.3, -0.25) is 0 Å². The Bertz CT molecular complexity index is 292. The maximum atomic E-state index is 5.79. The van der Waals surface area contributed by atoms with Crippen molar-refractivity contribution < 1.29 is 4.74 Å². The Morgan fingerprint density at radius 1 is 1.06 bits per heavy atom. The van der Waals surface area contributed by atoms with E-state index in [9.17, 15) is 0 Å². The van der Waals surface area contributed by atoms with Crippen molar-refractivity contribution in [2.24, 2.45) is 5.73 Å². The van der Waals surface area contributed by atoms with Crippen LogP contribution >= 0.6 is 0 Å². The fourth-order valence-electron chi connectivity index (χ4n) is 1.76. The molecule has 2 nitrogen and oxygen atoms in total. The molecule has 1 aromatic rings. The van der Waals surface area contributed by atoms with Gasteiger partial charge in [0.05, 0.1) is 6.61 Å². The molecule has 2 heteroatoms. The Hall–Kier alpha value is -1.02. The molecule has 2 N–H and O–H groups in total. The molecular weight excluding hydrogens is 210 g/mol. The van der Waals surface area contributed by atoms with E-state index in [0.717, 1.165) is 24.3 Å². The second kappa shape index (κ2) is 8.13. The largest absolute Gasteiger partial charge is 0.494 e. The molecule has 0 aliphatic rings. The van der Waals surface area contributed by atoms with Crippen LogP contribution < -0.4 is 10.5 Å². The van der Waals surface area contributed by atoms with Gasteiger partial charge in [-0.15, -0.1) is 0 Å². The van der Waals surface area contributed by atoms with Gasteiger partial charge < -0.3 is 10.5 Å². The van der Waals surface area contributed by atoms with Crippen LogP contribution in [0.3, 0.4) is 0 Å². The lowest BCUT2D eigenvalue weighted by Crippen LogP contribution is -2.04. The van der Waals surface area contributed by atoms with Crippen LogP contribution in [0.2, 0.25) is 0 Å². The monoisotopic (exact) mass is 235 g/mol. The fourth-order valence-corrected chi connectivity index (χ4v) is 1.76. The highest BCUT2D eigenvalue weighted by Gasteiger charge is 1.99. The molecule has 0 saturated carbocycles. The molecule has 1 aromatic carbocycles. The molecule has 0 saturated heterocycles. The Morgan fingerprint density at radius 2 is 1.71 bits per heavy atom. The summed E-state index contributed by atoms with van der Waals surface area (Å²) in [6.07, 6.45) is 6.37. The molecule has 0 aromatic heterocycles. The van der Waals surface area contributed by atoms with Gasteiger partial charge in [-0.1, -0.05) is 44.7 Å². The number of rotatable bonds is 8. The van der Waals surface area contributed by atoms with E-state index in [1.807, 2.05) is 31.2 Å². The number of hydrogen-bond acceptors (Lipinski definition) is 2. The zero-order valence-electron chi connectivity index (χ0n) is 11.1. The Labute approximate surface area is 105 Å². The van der Waals surface area contributed by atoms with Gasteiger partial charge in [0.15, 0.2) is 0 Å². The second-order valence-corrected chi connectivity index (χ2v) is 4.62. The SMILES string of the molecule is CCCCCCCOc1ccc(C(C)N)cc1. The second-order valence-electron chi connectivity index (χ2n) is 4.62. The highest BCUT2D eigenvalue weighted by atomic mass is 16.5. The molecule has 1 atom stereocenters. The molecule has 0 fully saturated rings. The summed E-state index contributed by atoms with van der Waals surface area (Å²) in [5, 5.41) is 0. The van der Waals surface area contributed by atoms with Crippen molar-refractivity contribution in [2.75, 3.05) is 6.61 Å². The third kappa shape index (κ3) is 5.73. The Balaban J connectivity index is 2.19. The van der Waals surface area contributed by atoms with Crippen LogP contribution in [0.25, 0.3) is 0 Å². The quantitative estimate of drug-likeness (QED) is 0.690. The Kier molecular flexibility index (Phi) is 6.71. The van der Waals surface area contributed by atoms with Gasteiger partial charge >= 0.3 is 0 Å². The number of ether oxygens (including phenoxy) is 1. The average molecular weight is 235 g/mol. The molecule has 0 amide bonds. The molecule has 1 rings (SSSR count). The average Bonchev–Trinajstić information content (AvgIpc) is 2.34. The van der Waals surface area contributed by atoms with Crippen molar-refractivity contribution in [3.63, 3.8) is 0 Å². The maximum Gasteiger partial charge on any atom is 0.119 e. The van der Waals surface area contributed by atoms with Crippen LogP contribution in [0.1, 0.15) is 57.6 Å². The minimum Gasteiger partial charge on any atom is -0.494 e. The van der Waals surface area contributed by atoms with Crippen molar-refractivity contribution in [3.8, 4) is 5.75 Å². The molecule has 1 unspecified atom stereocenters. The van der Waals surface area contributed by atoms with Crippen molar-refractivity contribution in [2.45, 2.75) is 52.0 Å². The number of hydrogen-bond donors (Lipinski definition) is 1.